The Kier molecular flexibility index (Phi) is 6.33. The summed E-state index contributed by atoms with van der Waals surface area (Å²) in [7, 11) is 0. The van der Waals surface area contributed by atoms with Gasteiger partial charge in [-0.05, 0) is 49.4 Å². The van der Waals surface area contributed by atoms with E-state index in [2.05, 4.69) is 28.2 Å². The van der Waals surface area contributed by atoms with Crippen molar-refractivity contribution >= 4 is 15.9 Å². The molecule has 0 aliphatic carbocycles. The van der Waals surface area contributed by atoms with Crippen molar-refractivity contribution in [2.75, 3.05) is 32.9 Å². The summed E-state index contributed by atoms with van der Waals surface area (Å²) in [5.41, 5.74) is 0.334. The molecule has 0 spiro atoms. The highest BCUT2D eigenvalue weighted by Crippen LogP contribution is 2.33. The van der Waals surface area contributed by atoms with Gasteiger partial charge in [0, 0.05) is 24.2 Å². The molecule has 1 fully saturated rings. The summed E-state index contributed by atoms with van der Waals surface area (Å²) in [6.45, 7) is 6.77. The molecular formula is C16H24BrNO2. The third-order valence-corrected chi connectivity index (χ3v) is 4.49. The van der Waals surface area contributed by atoms with Gasteiger partial charge in [0.2, 0.25) is 0 Å². The normalized spacial score (nSPS) is 17.9. The maximum atomic E-state index is 5.90. The van der Waals surface area contributed by atoms with Crippen LogP contribution in [0.2, 0.25) is 0 Å². The zero-order valence-corrected chi connectivity index (χ0v) is 13.7. The van der Waals surface area contributed by atoms with Gasteiger partial charge < -0.3 is 14.8 Å². The summed E-state index contributed by atoms with van der Waals surface area (Å²) in [5.74, 6) is 0.935. The standard InChI is InChI=1S/C16H24BrNO2/c1-2-18-13-16(6-9-19-10-7-16)8-11-20-15-5-3-4-14(17)12-15/h3-5,12,18H,2,6-11,13H2,1H3. The molecule has 0 unspecified atom stereocenters. The first-order chi connectivity index (χ1) is 9.74. The van der Waals surface area contributed by atoms with Crippen molar-refractivity contribution in [1.29, 1.82) is 0 Å². The van der Waals surface area contributed by atoms with Crippen molar-refractivity contribution in [3.63, 3.8) is 0 Å². The van der Waals surface area contributed by atoms with E-state index in [1.165, 1.54) is 0 Å². The van der Waals surface area contributed by atoms with Gasteiger partial charge >= 0.3 is 0 Å². The molecule has 1 aromatic carbocycles. The molecule has 2 rings (SSSR count). The summed E-state index contributed by atoms with van der Waals surface area (Å²) < 4.78 is 12.5. The maximum absolute atomic E-state index is 5.90. The molecule has 4 heteroatoms. The summed E-state index contributed by atoms with van der Waals surface area (Å²) >= 11 is 3.47. The average Bonchev–Trinajstić information content (AvgIpc) is 2.46. The summed E-state index contributed by atoms with van der Waals surface area (Å²) in [6.07, 6.45) is 3.33. The van der Waals surface area contributed by atoms with Gasteiger partial charge in [-0.1, -0.05) is 28.9 Å². The second kappa shape index (κ2) is 8.01. The van der Waals surface area contributed by atoms with E-state index < -0.39 is 0 Å². The van der Waals surface area contributed by atoms with E-state index in [4.69, 9.17) is 9.47 Å². The lowest BCUT2D eigenvalue weighted by Gasteiger charge is -2.37. The molecule has 1 saturated heterocycles. The average molecular weight is 342 g/mol. The Hall–Kier alpha value is -0.580. The molecule has 112 valence electrons. The lowest BCUT2D eigenvalue weighted by Crippen LogP contribution is -2.40. The largest absolute Gasteiger partial charge is 0.494 e. The van der Waals surface area contributed by atoms with Gasteiger partial charge in [0.15, 0.2) is 0 Å². The van der Waals surface area contributed by atoms with Gasteiger partial charge in [-0.25, -0.2) is 0 Å². The number of ether oxygens (including phenoxy) is 2. The zero-order chi connectivity index (χ0) is 14.3. The van der Waals surface area contributed by atoms with Crippen LogP contribution in [0.1, 0.15) is 26.2 Å². The molecule has 0 atom stereocenters. The predicted molar refractivity (Wildman–Crippen MR) is 85.3 cm³/mol. The van der Waals surface area contributed by atoms with E-state index in [1.807, 2.05) is 24.3 Å². The number of nitrogens with one attached hydrogen (secondary N) is 1. The molecular weight excluding hydrogens is 318 g/mol. The first kappa shape index (κ1) is 15.8. The van der Waals surface area contributed by atoms with Gasteiger partial charge in [0.05, 0.1) is 6.61 Å². The van der Waals surface area contributed by atoms with Crippen LogP contribution in [0.4, 0.5) is 0 Å². The molecule has 1 aliphatic heterocycles. The fraction of sp³-hybridized carbons (Fsp3) is 0.625. The van der Waals surface area contributed by atoms with Crippen LogP contribution in [0.15, 0.2) is 28.7 Å². The third-order valence-electron chi connectivity index (χ3n) is 4.00. The number of rotatable bonds is 7. The first-order valence-corrected chi connectivity index (χ1v) is 8.20. The fourth-order valence-electron chi connectivity index (χ4n) is 2.65. The Morgan fingerprint density at radius 3 is 2.85 bits per heavy atom. The summed E-state index contributed by atoms with van der Waals surface area (Å²) in [6, 6.07) is 8.03. The first-order valence-electron chi connectivity index (χ1n) is 7.41. The molecule has 0 aromatic heterocycles. The summed E-state index contributed by atoms with van der Waals surface area (Å²) in [4.78, 5) is 0. The Labute approximate surface area is 130 Å². The van der Waals surface area contributed by atoms with E-state index in [0.29, 0.717) is 5.41 Å². The quantitative estimate of drug-likeness (QED) is 0.821. The second-order valence-corrected chi connectivity index (χ2v) is 6.36. The van der Waals surface area contributed by atoms with Crippen molar-refractivity contribution < 1.29 is 9.47 Å². The molecule has 0 saturated carbocycles. The van der Waals surface area contributed by atoms with Gasteiger partial charge in [-0.2, -0.15) is 0 Å². The van der Waals surface area contributed by atoms with Gasteiger partial charge in [0.25, 0.3) is 0 Å². The van der Waals surface area contributed by atoms with E-state index in [-0.39, 0.29) is 0 Å². The van der Waals surface area contributed by atoms with Crippen LogP contribution in [0.5, 0.6) is 5.75 Å². The van der Waals surface area contributed by atoms with E-state index in [1.54, 1.807) is 0 Å². The van der Waals surface area contributed by atoms with Gasteiger partial charge in [-0.3, -0.25) is 0 Å². The minimum Gasteiger partial charge on any atom is -0.494 e. The maximum Gasteiger partial charge on any atom is 0.120 e. The molecule has 1 aromatic rings. The monoisotopic (exact) mass is 341 g/mol. The number of hydrogen-bond donors (Lipinski definition) is 1. The molecule has 1 heterocycles. The van der Waals surface area contributed by atoms with E-state index in [0.717, 1.165) is 62.4 Å². The third kappa shape index (κ3) is 4.76. The molecule has 0 amide bonds. The number of halogens is 1. The SMILES string of the molecule is CCNCC1(CCOc2cccc(Br)c2)CCOCC1. The second-order valence-electron chi connectivity index (χ2n) is 5.45. The molecule has 0 bridgehead atoms. The van der Waals surface area contributed by atoms with E-state index in [9.17, 15) is 0 Å². The molecule has 1 aliphatic rings. The Morgan fingerprint density at radius 1 is 1.35 bits per heavy atom. The van der Waals surface area contributed by atoms with Gasteiger partial charge in [0.1, 0.15) is 5.75 Å². The highest BCUT2D eigenvalue weighted by molar-refractivity contribution is 9.10. The van der Waals surface area contributed by atoms with Crippen molar-refractivity contribution in [1.82, 2.24) is 5.32 Å². The van der Waals surface area contributed by atoms with Crippen molar-refractivity contribution in [2.45, 2.75) is 26.2 Å². The van der Waals surface area contributed by atoms with Crippen molar-refractivity contribution in [2.24, 2.45) is 5.41 Å². The minimum atomic E-state index is 0.334. The van der Waals surface area contributed by atoms with Crippen LogP contribution in [0, 0.1) is 5.41 Å². The van der Waals surface area contributed by atoms with Crippen LogP contribution in [0.3, 0.4) is 0 Å². The number of hydrogen-bond acceptors (Lipinski definition) is 3. The van der Waals surface area contributed by atoms with Crippen LogP contribution in [0.25, 0.3) is 0 Å². The lowest BCUT2D eigenvalue weighted by molar-refractivity contribution is 0.00449. The molecule has 0 radical (unpaired) electrons. The van der Waals surface area contributed by atoms with Crippen molar-refractivity contribution in [3.05, 3.63) is 28.7 Å². The van der Waals surface area contributed by atoms with Gasteiger partial charge in [-0.15, -0.1) is 0 Å². The molecule has 20 heavy (non-hydrogen) atoms. The van der Waals surface area contributed by atoms with Crippen LogP contribution in [-0.4, -0.2) is 32.9 Å². The highest BCUT2D eigenvalue weighted by atomic mass is 79.9. The highest BCUT2D eigenvalue weighted by Gasteiger charge is 2.31. The minimum absolute atomic E-state index is 0.334. The fourth-order valence-corrected chi connectivity index (χ4v) is 3.03. The molecule has 1 N–H and O–H groups in total. The predicted octanol–water partition coefficient (Wildman–Crippen LogP) is 3.62. The van der Waals surface area contributed by atoms with Crippen LogP contribution in [-0.2, 0) is 4.74 Å². The Balaban J connectivity index is 1.85. The molecule has 3 nitrogen and oxygen atoms in total. The Morgan fingerprint density at radius 2 is 2.15 bits per heavy atom. The Bertz CT molecular complexity index is 405. The van der Waals surface area contributed by atoms with Crippen LogP contribution >= 0.6 is 15.9 Å². The number of benzene rings is 1. The summed E-state index contributed by atoms with van der Waals surface area (Å²) in [5, 5.41) is 3.50. The van der Waals surface area contributed by atoms with E-state index >= 15 is 0 Å². The zero-order valence-electron chi connectivity index (χ0n) is 12.2. The lowest BCUT2D eigenvalue weighted by atomic mass is 9.77. The topological polar surface area (TPSA) is 30.5 Å². The smallest absolute Gasteiger partial charge is 0.120 e. The van der Waals surface area contributed by atoms with Crippen LogP contribution < -0.4 is 10.1 Å². The van der Waals surface area contributed by atoms with Crippen molar-refractivity contribution in [3.8, 4) is 5.75 Å².